The minimum absolute atomic E-state index is 0.0610. The van der Waals surface area contributed by atoms with E-state index in [2.05, 4.69) is 10.4 Å². The van der Waals surface area contributed by atoms with Gasteiger partial charge in [-0.1, -0.05) is 6.07 Å². The number of rotatable bonds is 4. The molecule has 19 heavy (non-hydrogen) atoms. The molecule has 100 valence electrons. The Bertz CT molecular complexity index is 587. The maximum atomic E-state index is 12.0. The minimum atomic E-state index is -0.0610. The van der Waals surface area contributed by atoms with E-state index in [4.69, 9.17) is 0 Å². The highest BCUT2D eigenvalue weighted by atomic mass is 16.1. The van der Waals surface area contributed by atoms with Crippen molar-refractivity contribution < 1.29 is 4.79 Å². The Morgan fingerprint density at radius 1 is 1.26 bits per heavy atom. The largest absolute Gasteiger partial charge is 0.346 e. The van der Waals surface area contributed by atoms with Crippen LogP contribution in [-0.2, 0) is 13.1 Å². The molecule has 1 aromatic heterocycles. The van der Waals surface area contributed by atoms with E-state index in [1.54, 1.807) is 0 Å². The summed E-state index contributed by atoms with van der Waals surface area (Å²) in [4.78, 5) is 12.0. The van der Waals surface area contributed by atoms with Gasteiger partial charge in [-0.25, -0.2) is 0 Å². The molecule has 2 rings (SSSR count). The van der Waals surface area contributed by atoms with Crippen molar-refractivity contribution >= 4 is 5.91 Å². The van der Waals surface area contributed by atoms with Gasteiger partial charge in [0.15, 0.2) is 0 Å². The zero-order valence-electron chi connectivity index (χ0n) is 11.6. The smallest absolute Gasteiger partial charge is 0.251 e. The topological polar surface area (TPSA) is 46.9 Å². The van der Waals surface area contributed by atoms with Crippen molar-refractivity contribution in [2.24, 2.45) is 0 Å². The first-order valence-electron chi connectivity index (χ1n) is 6.48. The fourth-order valence-electron chi connectivity index (χ4n) is 1.83. The lowest BCUT2D eigenvalue weighted by Gasteiger charge is -2.06. The molecule has 0 atom stereocenters. The van der Waals surface area contributed by atoms with Gasteiger partial charge in [-0.3, -0.25) is 9.48 Å². The van der Waals surface area contributed by atoms with Crippen molar-refractivity contribution in [3.8, 4) is 0 Å². The second kappa shape index (κ2) is 5.69. The van der Waals surface area contributed by atoms with E-state index in [0.717, 1.165) is 17.8 Å². The number of hydrogen-bond acceptors (Lipinski definition) is 2. The van der Waals surface area contributed by atoms with E-state index in [-0.39, 0.29) is 5.91 Å². The first-order valence-corrected chi connectivity index (χ1v) is 6.48. The maximum absolute atomic E-state index is 12.0. The standard InChI is InChI=1S/C15H19N3O/c1-4-18-8-7-14(17-18)10-16-15(19)13-6-5-11(2)12(3)9-13/h5-9H,4,10H2,1-3H3,(H,16,19). The van der Waals surface area contributed by atoms with Gasteiger partial charge in [-0.15, -0.1) is 0 Å². The summed E-state index contributed by atoms with van der Waals surface area (Å²) in [6.45, 7) is 7.37. The van der Waals surface area contributed by atoms with Crippen LogP contribution in [0.1, 0.15) is 34.1 Å². The lowest BCUT2D eigenvalue weighted by atomic mass is 10.1. The summed E-state index contributed by atoms with van der Waals surface area (Å²) in [5, 5.41) is 7.21. The Hall–Kier alpha value is -2.10. The van der Waals surface area contributed by atoms with E-state index in [0.29, 0.717) is 12.1 Å². The van der Waals surface area contributed by atoms with Gasteiger partial charge in [0.05, 0.1) is 12.2 Å². The molecule has 2 aromatic rings. The first-order chi connectivity index (χ1) is 9.10. The van der Waals surface area contributed by atoms with Crippen LogP contribution in [0.3, 0.4) is 0 Å². The summed E-state index contributed by atoms with van der Waals surface area (Å²) >= 11 is 0. The van der Waals surface area contributed by atoms with Crippen molar-refractivity contribution in [2.45, 2.75) is 33.9 Å². The molecule has 1 N–H and O–H groups in total. The Morgan fingerprint density at radius 3 is 2.68 bits per heavy atom. The quantitative estimate of drug-likeness (QED) is 0.914. The predicted octanol–water partition coefficient (Wildman–Crippen LogP) is 2.45. The molecule has 0 spiro atoms. The third-order valence-electron chi connectivity index (χ3n) is 3.22. The number of carbonyl (C=O) groups excluding carboxylic acids is 1. The van der Waals surface area contributed by atoms with Crippen LogP contribution in [0.4, 0.5) is 0 Å². The summed E-state index contributed by atoms with van der Waals surface area (Å²) in [7, 11) is 0. The number of nitrogens with one attached hydrogen (secondary N) is 1. The van der Waals surface area contributed by atoms with Crippen LogP contribution in [0.25, 0.3) is 0 Å². The number of aryl methyl sites for hydroxylation is 3. The molecule has 0 aliphatic rings. The molecule has 1 aromatic carbocycles. The van der Waals surface area contributed by atoms with E-state index in [1.807, 2.05) is 55.9 Å². The third kappa shape index (κ3) is 3.22. The molecule has 0 saturated heterocycles. The first kappa shape index (κ1) is 13.3. The number of carbonyl (C=O) groups is 1. The minimum Gasteiger partial charge on any atom is -0.346 e. The Morgan fingerprint density at radius 2 is 2.05 bits per heavy atom. The van der Waals surface area contributed by atoms with Crippen LogP contribution in [0, 0.1) is 13.8 Å². The van der Waals surface area contributed by atoms with E-state index >= 15 is 0 Å². The molecule has 0 aliphatic carbocycles. The van der Waals surface area contributed by atoms with Crippen LogP contribution in [0.5, 0.6) is 0 Å². The zero-order valence-corrected chi connectivity index (χ0v) is 11.6. The summed E-state index contributed by atoms with van der Waals surface area (Å²) in [6.07, 6.45) is 1.91. The maximum Gasteiger partial charge on any atom is 0.251 e. The number of benzene rings is 1. The predicted molar refractivity (Wildman–Crippen MR) is 75.0 cm³/mol. The molecule has 0 saturated carbocycles. The highest BCUT2D eigenvalue weighted by molar-refractivity contribution is 5.94. The molecule has 0 unspecified atom stereocenters. The summed E-state index contributed by atoms with van der Waals surface area (Å²) in [6, 6.07) is 7.65. The molecule has 0 aliphatic heterocycles. The van der Waals surface area contributed by atoms with Crippen LogP contribution >= 0.6 is 0 Å². The van der Waals surface area contributed by atoms with Gasteiger partial charge >= 0.3 is 0 Å². The Labute approximate surface area is 113 Å². The molecule has 1 amide bonds. The zero-order chi connectivity index (χ0) is 13.8. The molecular formula is C15H19N3O. The normalized spacial score (nSPS) is 10.5. The van der Waals surface area contributed by atoms with Gasteiger partial charge in [0.25, 0.3) is 5.91 Å². The molecule has 0 fully saturated rings. The molecule has 4 nitrogen and oxygen atoms in total. The van der Waals surface area contributed by atoms with Gasteiger partial charge in [0.1, 0.15) is 0 Å². The summed E-state index contributed by atoms with van der Waals surface area (Å²) < 4.78 is 1.84. The number of amides is 1. The second-order valence-electron chi connectivity index (χ2n) is 4.64. The average Bonchev–Trinajstić information content (AvgIpc) is 2.87. The van der Waals surface area contributed by atoms with Crippen LogP contribution in [-0.4, -0.2) is 15.7 Å². The summed E-state index contributed by atoms with van der Waals surface area (Å²) in [5.74, 6) is -0.0610. The molecular weight excluding hydrogens is 238 g/mol. The van der Waals surface area contributed by atoms with Crippen molar-refractivity contribution in [1.29, 1.82) is 0 Å². The fraction of sp³-hybridized carbons (Fsp3) is 0.333. The highest BCUT2D eigenvalue weighted by Crippen LogP contribution is 2.09. The van der Waals surface area contributed by atoms with Gasteiger partial charge in [0.2, 0.25) is 0 Å². The molecule has 1 heterocycles. The third-order valence-corrected chi connectivity index (χ3v) is 3.22. The second-order valence-corrected chi connectivity index (χ2v) is 4.64. The van der Waals surface area contributed by atoms with Gasteiger partial charge < -0.3 is 5.32 Å². The number of nitrogens with zero attached hydrogens (tertiary/aromatic N) is 2. The van der Waals surface area contributed by atoms with Crippen LogP contribution < -0.4 is 5.32 Å². The van der Waals surface area contributed by atoms with E-state index in [9.17, 15) is 4.79 Å². The Kier molecular flexibility index (Phi) is 4.00. The van der Waals surface area contributed by atoms with Crippen molar-refractivity contribution in [3.63, 3.8) is 0 Å². The van der Waals surface area contributed by atoms with Crippen molar-refractivity contribution in [2.75, 3.05) is 0 Å². The number of hydrogen-bond donors (Lipinski definition) is 1. The van der Waals surface area contributed by atoms with E-state index in [1.165, 1.54) is 5.56 Å². The molecule has 0 radical (unpaired) electrons. The van der Waals surface area contributed by atoms with E-state index < -0.39 is 0 Å². The molecule has 0 bridgehead atoms. The van der Waals surface area contributed by atoms with Crippen LogP contribution in [0.2, 0.25) is 0 Å². The van der Waals surface area contributed by atoms with Gasteiger partial charge in [-0.05, 0) is 50.1 Å². The summed E-state index contributed by atoms with van der Waals surface area (Å²) in [5.41, 5.74) is 3.89. The van der Waals surface area contributed by atoms with Gasteiger partial charge in [0, 0.05) is 18.3 Å². The number of aromatic nitrogens is 2. The SMILES string of the molecule is CCn1ccc(CNC(=O)c2ccc(C)c(C)c2)n1. The molecule has 4 heteroatoms. The lowest BCUT2D eigenvalue weighted by molar-refractivity contribution is 0.0950. The van der Waals surface area contributed by atoms with Gasteiger partial charge in [-0.2, -0.15) is 5.10 Å². The van der Waals surface area contributed by atoms with Crippen LogP contribution in [0.15, 0.2) is 30.5 Å². The van der Waals surface area contributed by atoms with Crippen molar-refractivity contribution in [1.82, 2.24) is 15.1 Å². The average molecular weight is 257 g/mol. The highest BCUT2D eigenvalue weighted by Gasteiger charge is 2.07. The van der Waals surface area contributed by atoms with Crippen molar-refractivity contribution in [3.05, 3.63) is 52.8 Å². The fourth-order valence-corrected chi connectivity index (χ4v) is 1.83. The monoisotopic (exact) mass is 257 g/mol. The Balaban J connectivity index is 1.99. The lowest BCUT2D eigenvalue weighted by Crippen LogP contribution is -2.23.